The van der Waals surface area contributed by atoms with Gasteiger partial charge in [0.05, 0.1) is 0 Å². The van der Waals surface area contributed by atoms with E-state index >= 15 is 0 Å². The smallest absolute Gasteiger partial charge is 0.186 e. The summed E-state index contributed by atoms with van der Waals surface area (Å²) in [5.74, 6) is 0.875. The topological polar surface area (TPSA) is 9.23 Å². The van der Waals surface area contributed by atoms with E-state index in [0.717, 1.165) is 5.92 Å². The summed E-state index contributed by atoms with van der Waals surface area (Å²) >= 11 is 0. The Labute approximate surface area is 91.4 Å². The van der Waals surface area contributed by atoms with Crippen LogP contribution >= 0.6 is 0 Å². The zero-order valence-electron chi connectivity index (χ0n) is 10.7. The summed E-state index contributed by atoms with van der Waals surface area (Å²) in [4.78, 5) is 0. The second-order valence-corrected chi connectivity index (χ2v) is 9.74. The quantitative estimate of drug-likeness (QED) is 0.430. The maximum Gasteiger partial charge on any atom is 0.186 e. The first-order valence-electron chi connectivity index (χ1n) is 6.03. The summed E-state index contributed by atoms with van der Waals surface area (Å²) in [6.45, 7) is 9.23. The third kappa shape index (κ3) is 8.76. The van der Waals surface area contributed by atoms with Crippen molar-refractivity contribution in [2.45, 2.75) is 65.1 Å². The van der Waals surface area contributed by atoms with Gasteiger partial charge < -0.3 is 4.43 Å². The summed E-state index contributed by atoms with van der Waals surface area (Å²) in [7, 11) is 0.607. The fraction of sp³-hybridized carbons (Fsp3) is 1.00. The van der Waals surface area contributed by atoms with Gasteiger partial charge in [-0.25, -0.2) is 0 Å². The first-order chi connectivity index (χ1) is 6.48. The molecule has 0 N–H and O–H groups in total. The molecule has 0 unspecified atom stereocenters. The van der Waals surface area contributed by atoms with Gasteiger partial charge in [-0.05, 0) is 25.1 Å². The van der Waals surface area contributed by atoms with Crippen LogP contribution in [0.15, 0.2) is 0 Å². The maximum absolute atomic E-state index is 5.52. The molecule has 14 heavy (non-hydrogen) atoms. The summed E-state index contributed by atoms with van der Waals surface area (Å²) in [5, 5.41) is 0. The Morgan fingerprint density at radius 2 is 1.57 bits per heavy atom. The molecule has 0 fully saturated rings. The Bertz CT molecular complexity index is 132. The fourth-order valence-corrected chi connectivity index (χ4v) is 2.86. The molecule has 0 aliphatic rings. The zero-order valence-corrected chi connectivity index (χ0v) is 11.7. The second kappa shape index (κ2) is 7.47. The first kappa shape index (κ1) is 14.2. The van der Waals surface area contributed by atoms with Gasteiger partial charge in [-0.15, -0.1) is 0 Å². The molecule has 0 saturated carbocycles. The van der Waals surface area contributed by atoms with Crippen molar-refractivity contribution in [2.75, 3.05) is 7.11 Å². The van der Waals surface area contributed by atoms with Gasteiger partial charge in [0.15, 0.2) is 8.32 Å². The molecule has 0 bridgehead atoms. The van der Waals surface area contributed by atoms with Gasteiger partial charge in [-0.2, -0.15) is 0 Å². The van der Waals surface area contributed by atoms with Crippen molar-refractivity contribution in [2.24, 2.45) is 5.92 Å². The van der Waals surface area contributed by atoms with Crippen LogP contribution < -0.4 is 0 Å². The highest BCUT2D eigenvalue weighted by Crippen LogP contribution is 2.16. The van der Waals surface area contributed by atoms with Gasteiger partial charge in [-0.3, -0.25) is 0 Å². The van der Waals surface area contributed by atoms with Gasteiger partial charge in [0.25, 0.3) is 0 Å². The molecule has 0 amide bonds. The number of unbranched alkanes of at least 4 members (excludes halogenated alkanes) is 3. The van der Waals surface area contributed by atoms with E-state index in [2.05, 4.69) is 26.9 Å². The molecule has 0 rings (SSSR count). The molecule has 0 spiro atoms. The van der Waals surface area contributed by atoms with Crippen LogP contribution in [0.2, 0.25) is 19.1 Å². The van der Waals surface area contributed by atoms with E-state index < -0.39 is 8.32 Å². The lowest BCUT2D eigenvalue weighted by molar-refractivity contribution is 0.400. The standard InChI is InChI=1S/C12H28OSi/c1-12(2)10-8-6-7-9-11-14(4,5)13-3/h12H,6-11H2,1-5H3. The molecule has 0 aromatic heterocycles. The largest absolute Gasteiger partial charge is 0.420 e. The Morgan fingerprint density at radius 1 is 1.00 bits per heavy atom. The van der Waals surface area contributed by atoms with Gasteiger partial charge in [0.1, 0.15) is 0 Å². The zero-order chi connectivity index (χ0) is 11.0. The first-order valence-corrected chi connectivity index (χ1v) is 9.14. The molecule has 0 heterocycles. The van der Waals surface area contributed by atoms with Crippen LogP contribution in [0.25, 0.3) is 0 Å². The van der Waals surface area contributed by atoms with Crippen LogP contribution in [0.5, 0.6) is 0 Å². The van der Waals surface area contributed by atoms with Crippen LogP contribution in [0.3, 0.4) is 0 Å². The van der Waals surface area contributed by atoms with Crippen molar-refractivity contribution in [1.82, 2.24) is 0 Å². The van der Waals surface area contributed by atoms with Gasteiger partial charge in [0.2, 0.25) is 0 Å². The third-order valence-corrected chi connectivity index (χ3v) is 5.53. The van der Waals surface area contributed by atoms with Crippen LogP contribution in [-0.4, -0.2) is 15.4 Å². The van der Waals surface area contributed by atoms with E-state index in [9.17, 15) is 0 Å². The normalized spacial score (nSPS) is 12.4. The maximum atomic E-state index is 5.52. The van der Waals surface area contributed by atoms with Gasteiger partial charge in [-0.1, -0.05) is 46.0 Å². The van der Waals surface area contributed by atoms with Crippen molar-refractivity contribution < 1.29 is 4.43 Å². The molecule has 1 nitrogen and oxygen atoms in total. The highest BCUT2D eigenvalue weighted by molar-refractivity contribution is 6.71. The van der Waals surface area contributed by atoms with E-state index in [1.54, 1.807) is 0 Å². The summed E-state index contributed by atoms with van der Waals surface area (Å²) in [5.41, 5.74) is 0. The minimum atomic E-state index is -1.26. The number of hydrogen-bond acceptors (Lipinski definition) is 1. The van der Waals surface area contributed by atoms with Crippen LogP contribution in [0, 0.1) is 5.92 Å². The molecule has 86 valence electrons. The average molecular weight is 216 g/mol. The molecule has 2 heteroatoms. The minimum Gasteiger partial charge on any atom is -0.420 e. The van der Waals surface area contributed by atoms with E-state index in [1.165, 1.54) is 38.1 Å². The third-order valence-electron chi connectivity index (χ3n) is 2.86. The lowest BCUT2D eigenvalue weighted by atomic mass is 10.0. The summed E-state index contributed by atoms with van der Waals surface area (Å²) < 4.78 is 5.52. The lowest BCUT2D eigenvalue weighted by Crippen LogP contribution is -2.27. The Morgan fingerprint density at radius 3 is 2.07 bits per heavy atom. The van der Waals surface area contributed by atoms with E-state index in [4.69, 9.17) is 4.43 Å². The van der Waals surface area contributed by atoms with Crippen LogP contribution in [0.4, 0.5) is 0 Å². The van der Waals surface area contributed by atoms with Crippen molar-refractivity contribution in [3.8, 4) is 0 Å². The predicted molar refractivity (Wildman–Crippen MR) is 67.2 cm³/mol. The van der Waals surface area contributed by atoms with Crippen LogP contribution in [0.1, 0.15) is 46.0 Å². The Kier molecular flexibility index (Phi) is 7.56. The molecule has 0 saturated heterocycles. The van der Waals surface area contributed by atoms with Gasteiger partial charge in [0, 0.05) is 7.11 Å². The molecule has 0 radical (unpaired) electrons. The SMILES string of the molecule is CO[Si](C)(C)CCCCCCC(C)C. The van der Waals surface area contributed by atoms with E-state index in [0.29, 0.717) is 0 Å². The van der Waals surface area contributed by atoms with E-state index in [1.807, 2.05) is 7.11 Å². The predicted octanol–water partition coefficient (Wildman–Crippen LogP) is 4.44. The highest BCUT2D eigenvalue weighted by atomic mass is 28.4. The molecule has 0 aromatic carbocycles. The summed E-state index contributed by atoms with van der Waals surface area (Å²) in [6, 6.07) is 1.32. The molecule has 0 aliphatic carbocycles. The molecular weight excluding hydrogens is 188 g/mol. The molecule has 0 aromatic rings. The average Bonchev–Trinajstić information content (AvgIpc) is 2.10. The van der Waals surface area contributed by atoms with Crippen molar-refractivity contribution in [3.05, 3.63) is 0 Å². The van der Waals surface area contributed by atoms with Crippen LogP contribution in [-0.2, 0) is 4.43 Å². The van der Waals surface area contributed by atoms with Crippen molar-refractivity contribution in [1.29, 1.82) is 0 Å². The minimum absolute atomic E-state index is 0.875. The fourth-order valence-electron chi connectivity index (χ4n) is 1.56. The molecular formula is C12H28OSi. The lowest BCUT2D eigenvalue weighted by Gasteiger charge is -2.19. The monoisotopic (exact) mass is 216 g/mol. The van der Waals surface area contributed by atoms with Gasteiger partial charge >= 0.3 is 0 Å². The van der Waals surface area contributed by atoms with Crippen molar-refractivity contribution in [3.63, 3.8) is 0 Å². The molecule has 0 atom stereocenters. The Hall–Kier alpha value is 0.177. The van der Waals surface area contributed by atoms with E-state index in [-0.39, 0.29) is 0 Å². The Balaban J connectivity index is 3.21. The second-order valence-electron chi connectivity index (χ2n) is 5.31. The number of rotatable bonds is 8. The highest BCUT2D eigenvalue weighted by Gasteiger charge is 2.18. The summed E-state index contributed by atoms with van der Waals surface area (Å²) in [6.07, 6.45) is 6.97. The number of hydrogen-bond donors (Lipinski definition) is 0. The molecule has 0 aliphatic heterocycles. The van der Waals surface area contributed by atoms with Crippen molar-refractivity contribution >= 4 is 8.32 Å².